The van der Waals surface area contributed by atoms with E-state index in [0.717, 1.165) is 12.8 Å². The summed E-state index contributed by atoms with van der Waals surface area (Å²) in [5.41, 5.74) is 0.351. The van der Waals surface area contributed by atoms with E-state index in [4.69, 9.17) is 28.3 Å². The zero-order valence-electron chi connectivity index (χ0n) is 10.3. The molecule has 0 radical (unpaired) electrons. The van der Waals surface area contributed by atoms with Crippen LogP contribution in [0.5, 0.6) is 0 Å². The van der Waals surface area contributed by atoms with E-state index in [1.165, 1.54) is 6.07 Å². The summed E-state index contributed by atoms with van der Waals surface area (Å²) < 4.78 is 0. The van der Waals surface area contributed by atoms with Crippen LogP contribution < -0.4 is 5.32 Å². The van der Waals surface area contributed by atoms with E-state index < -0.39 is 0 Å². The fourth-order valence-corrected chi connectivity index (χ4v) is 2.11. The topological polar surface area (TPSA) is 65.1 Å². The Morgan fingerprint density at radius 3 is 2.72 bits per heavy atom. The summed E-state index contributed by atoms with van der Waals surface area (Å²) in [6, 6.07) is 1.50. The Bertz CT molecular complexity index is 368. The van der Waals surface area contributed by atoms with Gasteiger partial charge in [0, 0.05) is 13.2 Å². The lowest BCUT2D eigenvalue weighted by atomic mass is 10.0. The molecule has 1 heterocycles. The minimum atomic E-state index is -0.233. The molecule has 0 aliphatic carbocycles. The minimum absolute atomic E-state index is 0.140. The maximum absolute atomic E-state index is 11.8. The van der Waals surface area contributed by atoms with Crippen LogP contribution >= 0.6 is 23.2 Å². The van der Waals surface area contributed by atoms with Crippen molar-refractivity contribution in [2.45, 2.75) is 26.2 Å². The Kier molecular flexibility index (Phi) is 6.54. The molecule has 1 rings (SSSR count). The smallest absolute Gasteiger partial charge is 0.267 e. The molecule has 0 aliphatic heterocycles. The first-order valence-electron chi connectivity index (χ1n) is 6.01. The number of nitrogens with one attached hydrogen (secondary N) is 2. The molecule has 1 aromatic rings. The quantitative estimate of drug-likeness (QED) is 0.723. The number of carbonyl (C=O) groups is 1. The Balaban J connectivity index is 2.48. The monoisotopic (exact) mass is 292 g/mol. The van der Waals surface area contributed by atoms with Gasteiger partial charge in [0.25, 0.3) is 5.91 Å². The molecule has 0 aliphatic rings. The standard InChI is InChI=1S/C12H18Cl2N2O2/c1-2-3-8(4-5-17)7-15-12(18)10-6-9(13)11(14)16-10/h6,8,16-17H,2-5,7H2,1H3,(H,15,18). The number of aliphatic hydroxyl groups is 1. The number of hydrogen-bond donors (Lipinski definition) is 3. The lowest BCUT2D eigenvalue weighted by Gasteiger charge is -2.15. The predicted molar refractivity (Wildman–Crippen MR) is 73.2 cm³/mol. The Hall–Kier alpha value is -0.710. The molecule has 3 N–H and O–H groups in total. The highest BCUT2D eigenvalue weighted by atomic mass is 35.5. The normalized spacial score (nSPS) is 12.4. The molecule has 6 heteroatoms. The van der Waals surface area contributed by atoms with Crippen molar-refractivity contribution in [3.05, 3.63) is 21.9 Å². The third kappa shape index (κ3) is 4.52. The summed E-state index contributed by atoms with van der Waals surface area (Å²) in [5.74, 6) is 0.0627. The molecule has 0 saturated heterocycles. The highest BCUT2D eigenvalue weighted by Gasteiger charge is 2.13. The summed E-state index contributed by atoms with van der Waals surface area (Å²) >= 11 is 11.5. The summed E-state index contributed by atoms with van der Waals surface area (Å²) in [6.07, 6.45) is 2.70. The van der Waals surface area contributed by atoms with E-state index in [0.29, 0.717) is 29.6 Å². The van der Waals surface area contributed by atoms with Gasteiger partial charge < -0.3 is 15.4 Å². The van der Waals surface area contributed by atoms with Gasteiger partial charge in [0.1, 0.15) is 10.8 Å². The fraction of sp³-hybridized carbons (Fsp3) is 0.583. The number of aromatic nitrogens is 1. The third-order valence-electron chi connectivity index (χ3n) is 2.76. The van der Waals surface area contributed by atoms with Crippen molar-refractivity contribution in [2.75, 3.05) is 13.2 Å². The van der Waals surface area contributed by atoms with Crippen LogP contribution in [-0.4, -0.2) is 29.1 Å². The molecule has 18 heavy (non-hydrogen) atoms. The van der Waals surface area contributed by atoms with Crippen molar-refractivity contribution >= 4 is 29.1 Å². The molecule has 0 bridgehead atoms. The number of amides is 1. The highest BCUT2D eigenvalue weighted by Crippen LogP contribution is 2.21. The van der Waals surface area contributed by atoms with Crippen LogP contribution in [0.3, 0.4) is 0 Å². The molecule has 0 aromatic carbocycles. The zero-order chi connectivity index (χ0) is 13.5. The molecule has 1 amide bonds. The first-order valence-corrected chi connectivity index (χ1v) is 6.77. The van der Waals surface area contributed by atoms with Crippen LogP contribution in [0.1, 0.15) is 36.7 Å². The average Bonchev–Trinajstić information content (AvgIpc) is 2.67. The lowest BCUT2D eigenvalue weighted by Crippen LogP contribution is -2.30. The van der Waals surface area contributed by atoms with E-state index in [1.807, 2.05) is 0 Å². The highest BCUT2D eigenvalue weighted by molar-refractivity contribution is 6.41. The molecular weight excluding hydrogens is 275 g/mol. The Morgan fingerprint density at radius 2 is 2.22 bits per heavy atom. The number of aromatic amines is 1. The van der Waals surface area contributed by atoms with Gasteiger partial charge in [-0.25, -0.2) is 0 Å². The average molecular weight is 293 g/mol. The maximum Gasteiger partial charge on any atom is 0.267 e. The van der Waals surface area contributed by atoms with Gasteiger partial charge in [0.2, 0.25) is 0 Å². The van der Waals surface area contributed by atoms with Gasteiger partial charge in [-0.1, -0.05) is 36.5 Å². The van der Waals surface area contributed by atoms with E-state index in [2.05, 4.69) is 17.2 Å². The molecule has 0 saturated carbocycles. The first-order chi connectivity index (χ1) is 8.58. The lowest BCUT2D eigenvalue weighted by molar-refractivity contribution is 0.0938. The Morgan fingerprint density at radius 1 is 1.50 bits per heavy atom. The van der Waals surface area contributed by atoms with E-state index in [1.54, 1.807) is 0 Å². The van der Waals surface area contributed by atoms with Gasteiger partial charge in [-0.2, -0.15) is 0 Å². The number of H-pyrrole nitrogens is 1. The van der Waals surface area contributed by atoms with Crippen molar-refractivity contribution in [3.63, 3.8) is 0 Å². The van der Waals surface area contributed by atoms with Crippen molar-refractivity contribution in [3.8, 4) is 0 Å². The number of rotatable bonds is 7. The van der Waals surface area contributed by atoms with Gasteiger partial charge in [-0.05, 0) is 24.8 Å². The molecule has 1 atom stereocenters. The molecule has 1 unspecified atom stereocenters. The summed E-state index contributed by atoms with van der Waals surface area (Å²) in [4.78, 5) is 14.5. The van der Waals surface area contributed by atoms with E-state index in [-0.39, 0.29) is 17.7 Å². The minimum Gasteiger partial charge on any atom is -0.396 e. The van der Waals surface area contributed by atoms with Crippen LogP contribution in [-0.2, 0) is 0 Å². The van der Waals surface area contributed by atoms with Crippen molar-refractivity contribution in [1.29, 1.82) is 0 Å². The van der Waals surface area contributed by atoms with Crippen LogP contribution in [0, 0.1) is 5.92 Å². The van der Waals surface area contributed by atoms with Crippen molar-refractivity contribution in [1.82, 2.24) is 10.3 Å². The van der Waals surface area contributed by atoms with Gasteiger partial charge in [-0.15, -0.1) is 0 Å². The van der Waals surface area contributed by atoms with E-state index in [9.17, 15) is 4.79 Å². The molecule has 0 spiro atoms. The number of carbonyl (C=O) groups excluding carboxylic acids is 1. The second-order valence-electron chi connectivity index (χ2n) is 4.22. The molecule has 102 valence electrons. The molecular formula is C12H18Cl2N2O2. The molecule has 1 aromatic heterocycles. The summed E-state index contributed by atoms with van der Waals surface area (Å²) in [6.45, 7) is 2.76. The maximum atomic E-state index is 11.8. The predicted octanol–water partition coefficient (Wildman–Crippen LogP) is 2.85. The van der Waals surface area contributed by atoms with Crippen LogP contribution in [0.15, 0.2) is 6.07 Å². The second-order valence-corrected chi connectivity index (χ2v) is 5.01. The fourth-order valence-electron chi connectivity index (χ4n) is 1.80. The number of aliphatic hydroxyl groups excluding tert-OH is 1. The van der Waals surface area contributed by atoms with Crippen molar-refractivity contribution in [2.24, 2.45) is 5.92 Å². The largest absolute Gasteiger partial charge is 0.396 e. The van der Waals surface area contributed by atoms with Gasteiger partial charge >= 0.3 is 0 Å². The zero-order valence-corrected chi connectivity index (χ0v) is 11.8. The SMILES string of the molecule is CCCC(CCO)CNC(=O)c1cc(Cl)c(Cl)[nH]1. The molecule has 0 fully saturated rings. The van der Waals surface area contributed by atoms with Gasteiger partial charge in [0.05, 0.1) is 5.02 Å². The van der Waals surface area contributed by atoms with Crippen LogP contribution in [0.2, 0.25) is 10.2 Å². The summed E-state index contributed by atoms with van der Waals surface area (Å²) in [7, 11) is 0. The van der Waals surface area contributed by atoms with Crippen LogP contribution in [0.25, 0.3) is 0 Å². The second kappa shape index (κ2) is 7.67. The Labute approximate surface area is 117 Å². The van der Waals surface area contributed by atoms with Crippen molar-refractivity contribution < 1.29 is 9.90 Å². The first kappa shape index (κ1) is 15.3. The number of halogens is 2. The molecule has 4 nitrogen and oxygen atoms in total. The van der Waals surface area contributed by atoms with Gasteiger partial charge in [0.15, 0.2) is 0 Å². The van der Waals surface area contributed by atoms with Crippen LogP contribution in [0.4, 0.5) is 0 Å². The van der Waals surface area contributed by atoms with E-state index >= 15 is 0 Å². The number of hydrogen-bond acceptors (Lipinski definition) is 2. The summed E-state index contributed by atoms with van der Waals surface area (Å²) in [5, 5.41) is 12.3. The van der Waals surface area contributed by atoms with Gasteiger partial charge in [-0.3, -0.25) is 4.79 Å². The third-order valence-corrected chi connectivity index (χ3v) is 3.45.